The number of aromatic nitrogens is 1. The van der Waals surface area contributed by atoms with E-state index in [1.54, 1.807) is 0 Å². The molecule has 2 heteroatoms. The van der Waals surface area contributed by atoms with Crippen molar-refractivity contribution in [1.82, 2.24) is 0 Å². The Labute approximate surface area is 158 Å². The van der Waals surface area contributed by atoms with E-state index in [4.69, 9.17) is 4.42 Å². The van der Waals surface area contributed by atoms with E-state index in [1.807, 2.05) is 0 Å². The third kappa shape index (κ3) is 2.37. The van der Waals surface area contributed by atoms with Crippen LogP contribution in [0.3, 0.4) is 0 Å². The van der Waals surface area contributed by atoms with Crippen LogP contribution in [0.25, 0.3) is 44.0 Å². The van der Waals surface area contributed by atoms with Gasteiger partial charge in [0.25, 0.3) is 0 Å². The molecule has 132 valence electrons. The Bertz CT molecular complexity index is 1360. The summed E-state index contributed by atoms with van der Waals surface area (Å²) >= 11 is 0. The number of fused-ring (bicyclic) bond motifs is 4. The molecule has 2 aromatic heterocycles. The largest absolute Gasteiger partial charge is 0.455 e. The maximum absolute atomic E-state index is 6.48. The van der Waals surface area contributed by atoms with Gasteiger partial charge in [0.05, 0.1) is 5.56 Å². The van der Waals surface area contributed by atoms with Crippen LogP contribution in [-0.4, -0.2) is 0 Å². The lowest BCUT2D eigenvalue weighted by molar-refractivity contribution is -0.660. The maximum atomic E-state index is 6.48. The van der Waals surface area contributed by atoms with E-state index in [2.05, 4.69) is 93.2 Å². The van der Waals surface area contributed by atoms with E-state index < -0.39 is 0 Å². The molecule has 27 heavy (non-hydrogen) atoms. The lowest BCUT2D eigenvalue weighted by Crippen LogP contribution is -2.31. The van der Waals surface area contributed by atoms with Crippen LogP contribution in [0, 0.1) is 20.8 Å². The van der Waals surface area contributed by atoms with Crippen LogP contribution < -0.4 is 4.57 Å². The van der Waals surface area contributed by atoms with Gasteiger partial charge in [0.2, 0.25) is 5.69 Å². The van der Waals surface area contributed by atoms with Crippen molar-refractivity contribution in [1.29, 1.82) is 0 Å². The first-order valence-electron chi connectivity index (χ1n) is 9.35. The summed E-state index contributed by atoms with van der Waals surface area (Å²) in [6.45, 7) is 6.47. The number of aryl methyl sites for hydroxylation is 4. The molecule has 0 unspecified atom stereocenters. The molecule has 3 aromatic carbocycles. The van der Waals surface area contributed by atoms with Crippen LogP contribution in [0.1, 0.15) is 16.7 Å². The highest BCUT2D eigenvalue weighted by Crippen LogP contribution is 2.40. The highest BCUT2D eigenvalue weighted by atomic mass is 16.3. The van der Waals surface area contributed by atoms with Crippen molar-refractivity contribution < 1.29 is 8.98 Å². The minimum absolute atomic E-state index is 0.952. The van der Waals surface area contributed by atoms with Crippen LogP contribution in [-0.2, 0) is 7.05 Å². The molecular weight excluding hydrogens is 330 g/mol. The fourth-order valence-corrected chi connectivity index (χ4v) is 4.32. The first-order valence-corrected chi connectivity index (χ1v) is 9.35. The molecule has 0 radical (unpaired) electrons. The van der Waals surface area contributed by atoms with Gasteiger partial charge in [-0.25, -0.2) is 4.57 Å². The van der Waals surface area contributed by atoms with Gasteiger partial charge >= 0.3 is 0 Å². The molecule has 5 rings (SSSR count). The molecule has 0 aliphatic carbocycles. The van der Waals surface area contributed by atoms with Gasteiger partial charge in [0.15, 0.2) is 6.20 Å². The SMILES string of the molecule is Cc1ccc(-c2c(C)cc(C)c3c2oc2cc4ccccc4cc23)[n+](C)c1. The molecule has 0 saturated heterocycles. The Morgan fingerprint density at radius 1 is 0.815 bits per heavy atom. The Hall–Kier alpha value is -3.13. The second-order valence-electron chi connectivity index (χ2n) is 7.59. The standard InChI is InChI=1S/C25H22NO/c1-15-9-10-21(26(4)14-15)24-17(3)11-16(2)23-20-12-18-7-5-6-8-19(18)13-22(20)27-25(23)24/h5-14H,1-4H3/q+1. The van der Waals surface area contributed by atoms with Gasteiger partial charge in [-0.15, -0.1) is 0 Å². The summed E-state index contributed by atoms with van der Waals surface area (Å²) in [5, 5.41) is 4.87. The van der Waals surface area contributed by atoms with Gasteiger partial charge in [-0.05, 0) is 60.9 Å². The van der Waals surface area contributed by atoms with Crippen LogP contribution >= 0.6 is 0 Å². The predicted octanol–water partition coefficient (Wildman–Crippen LogP) is 6.16. The molecule has 0 spiro atoms. The highest BCUT2D eigenvalue weighted by molar-refractivity contribution is 6.14. The second-order valence-corrected chi connectivity index (χ2v) is 7.59. The van der Waals surface area contributed by atoms with E-state index in [9.17, 15) is 0 Å². The van der Waals surface area contributed by atoms with Crippen LogP contribution in [0.5, 0.6) is 0 Å². The zero-order chi connectivity index (χ0) is 18.7. The van der Waals surface area contributed by atoms with Crippen molar-refractivity contribution in [2.75, 3.05) is 0 Å². The zero-order valence-electron chi connectivity index (χ0n) is 16.1. The summed E-state index contributed by atoms with van der Waals surface area (Å²) in [6, 6.07) is 19.5. The zero-order valence-corrected chi connectivity index (χ0v) is 16.1. The topological polar surface area (TPSA) is 17.0 Å². The summed E-state index contributed by atoms with van der Waals surface area (Å²) < 4.78 is 8.67. The molecule has 0 saturated carbocycles. The third-order valence-electron chi connectivity index (χ3n) is 5.54. The molecule has 0 atom stereocenters. The number of pyridine rings is 1. The van der Waals surface area contributed by atoms with E-state index >= 15 is 0 Å². The number of benzene rings is 3. The molecule has 0 amide bonds. The van der Waals surface area contributed by atoms with E-state index in [0.717, 1.165) is 11.2 Å². The minimum Gasteiger partial charge on any atom is -0.455 e. The molecule has 0 N–H and O–H groups in total. The van der Waals surface area contributed by atoms with Crippen LogP contribution in [0.4, 0.5) is 0 Å². The monoisotopic (exact) mass is 352 g/mol. The number of nitrogens with zero attached hydrogens (tertiary/aromatic N) is 1. The molecule has 2 heterocycles. The fraction of sp³-hybridized carbons (Fsp3) is 0.160. The van der Waals surface area contributed by atoms with Crippen molar-refractivity contribution in [3.63, 3.8) is 0 Å². The average Bonchev–Trinajstić information content (AvgIpc) is 2.99. The summed E-state index contributed by atoms with van der Waals surface area (Å²) in [5.41, 5.74) is 8.03. The van der Waals surface area contributed by atoms with Gasteiger partial charge in [-0.1, -0.05) is 30.3 Å². The number of furan rings is 1. The molecule has 2 nitrogen and oxygen atoms in total. The van der Waals surface area contributed by atoms with Crippen molar-refractivity contribution >= 4 is 32.7 Å². The number of hydrogen-bond donors (Lipinski definition) is 0. The molecule has 5 aromatic rings. The molecule has 0 aliphatic rings. The fourth-order valence-electron chi connectivity index (χ4n) is 4.32. The van der Waals surface area contributed by atoms with Gasteiger partial charge in [0.1, 0.15) is 18.2 Å². The van der Waals surface area contributed by atoms with Gasteiger partial charge < -0.3 is 4.42 Å². The van der Waals surface area contributed by atoms with Gasteiger partial charge in [-0.3, -0.25) is 0 Å². The summed E-state index contributed by atoms with van der Waals surface area (Å²) in [7, 11) is 2.10. The number of hydrogen-bond acceptors (Lipinski definition) is 1. The quantitative estimate of drug-likeness (QED) is 0.330. The minimum atomic E-state index is 0.952. The third-order valence-corrected chi connectivity index (χ3v) is 5.54. The average molecular weight is 352 g/mol. The normalized spacial score (nSPS) is 11.7. The smallest absolute Gasteiger partial charge is 0.216 e. The number of rotatable bonds is 1. The van der Waals surface area contributed by atoms with E-state index in [1.165, 1.54) is 49.5 Å². The predicted molar refractivity (Wildman–Crippen MR) is 112 cm³/mol. The first-order chi connectivity index (χ1) is 13.0. The van der Waals surface area contributed by atoms with E-state index in [0.29, 0.717) is 0 Å². The lowest BCUT2D eigenvalue weighted by atomic mass is 9.96. The maximum Gasteiger partial charge on any atom is 0.216 e. The molecular formula is C25H22NO+. The van der Waals surface area contributed by atoms with E-state index in [-0.39, 0.29) is 0 Å². The lowest BCUT2D eigenvalue weighted by Gasteiger charge is -2.08. The highest BCUT2D eigenvalue weighted by Gasteiger charge is 2.22. The summed E-state index contributed by atoms with van der Waals surface area (Å²) in [6.07, 6.45) is 2.16. The van der Waals surface area contributed by atoms with Crippen molar-refractivity contribution in [2.45, 2.75) is 20.8 Å². The molecule has 0 bridgehead atoms. The Morgan fingerprint density at radius 2 is 1.56 bits per heavy atom. The Balaban J connectivity index is 1.95. The Morgan fingerprint density at radius 3 is 2.30 bits per heavy atom. The molecule has 0 fully saturated rings. The van der Waals surface area contributed by atoms with Gasteiger partial charge in [0, 0.05) is 22.4 Å². The van der Waals surface area contributed by atoms with Crippen LogP contribution in [0.15, 0.2) is 65.2 Å². The Kier molecular flexibility index (Phi) is 3.38. The van der Waals surface area contributed by atoms with Gasteiger partial charge in [-0.2, -0.15) is 0 Å². The van der Waals surface area contributed by atoms with Crippen LogP contribution in [0.2, 0.25) is 0 Å². The summed E-state index contributed by atoms with van der Waals surface area (Å²) in [4.78, 5) is 0. The van der Waals surface area contributed by atoms with Crippen molar-refractivity contribution in [3.05, 3.63) is 77.5 Å². The first kappa shape index (κ1) is 16.1. The van der Waals surface area contributed by atoms with Crippen molar-refractivity contribution in [2.24, 2.45) is 7.05 Å². The summed E-state index contributed by atoms with van der Waals surface area (Å²) in [5.74, 6) is 0. The molecule has 0 aliphatic heterocycles. The second kappa shape index (κ2) is 5.68. The van der Waals surface area contributed by atoms with Crippen molar-refractivity contribution in [3.8, 4) is 11.3 Å².